The average molecular weight is 222 g/mol. The standard InChI is InChI=1S/C5H4BrNO4/c6-4-2(1-3(8)9)11-7-5(4)10/h1H2,(H,7,10)(H,8,9). The van der Waals surface area contributed by atoms with Crippen molar-refractivity contribution in [3.8, 4) is 0 Å². The molecule has 0 bridgehead atoms. The van der Waals surface area contributed by atoms with Crippen LogP contribution in [0.5, 0.6) is 0 Å². The molecule has 60 valence electrons. The first kappa shape index (κ1) is 8.06. The lowest BCUT2D eigenvalue weighted by molar-refractivity contribution is -0.136. The number of aromatic amines is 1. The number of carboxylic acids is 1. The van der Waals surface area contributed by atoms with Crippen LogP contribution in [0.4, 0.5) is 0 Å². The van der Waals surface area contributed by atoms with Gasteiger partial charge in [0.15, 0.2) is 5.76 Å². The van der Waals surface area contributed by atoms with Gasteiger partial charge in [0.05, 0.1) is 0 Å². The molecule has 11 heavy (non-hydrogen) atoms. The Kier molecular flexibility index (Phi) is 2.13. The number of carboxylic acid groups (broad SMARTS) is 1. The average Bonchev–Trinajstić information content (AvgIpc) is 2.18. The lowest BCUT2D eigenvalue weighted by Crippen LogP contribution is -2.02. The third-order valence-corrected chi connectivity index (χ3v) is 1.83. The minimum Gasteiger partial charge on any atom is -0.481 e. The van der Waals surface area contributed by atoms with Gasteiger partial charge in [-0.25, -0.2) is 0 Å². The fourth-order valence-corrected chi connectivity index (χ4v) is 0.877. The van der Waals surface area contributed by atoms with Crippen molar-refractivity contribution < 1.29 is 14.4 Å². The summed E-state index contributed by atoms with van der Waals surface area (Å²) in [7, 11) is 0. The Bertz CT molecular complexity index is 325. The van der Waals surface area contributed by atoms with E-state index in [1.54, 1.807) is 0 Å². The summed E-state index contributed by atoms with van der Waals surface area (Å²) in [5.74, 6) is -0.948. The number of aliphatic carboxylic acids is 1. The summed E-state index contributed by atoms with van der Waals surface area (Å²) >= 11 is 2.88. The number of aromatic nitrogens is 1. The van der Waals surface area contributed by atoms with Gasteiger partial charge in [-0.05, 0) is 15.9 Å². The van der Waals surface area contributed by atoms with Crippen molar-refractivity contribution in [1.82, 2.24) is 5.16 Å². The normalized spacial score (nSPS) is 9.91. The first-order valence-electron chi connectivity index (χ1n) is 2.69. The number of nitrogens with one attached hydrogen (secondary N) is 1. The zero-order valence-corrected chi connectivity index (χ0v) is 6.84. The van der Waals surface area contributed by atoms with Gasteiger partial charge in [-0.15, -0.1) is 0 Å². The Morgan fingerprint density at radius 3 is 2.73 bits per heavy atom. The monoisotopic (exact) mass is 221 g/mol. The van der Waals surface area contributed by atoms with Gasteiger partial charge in [0.2, 0.25) is 0 Å². The minimum absolute atomic E-state index is 0.0995. The van der Waals surface area contributed by atoms with E-state index in [-0.39, 0.29) is 16.7 Å². The maximum atomic E-state index is 10.6. The molecule has 5 nitrogen and oxygen atoms in total. The van der Waals surface area contributed by atoms with E-state index in [0.29, 0.717) is 0 Å². The highest BCUT2D eigenvalue weighted by atomic mass is 79.9. The molecule has 0 aromatic carbocycles. The molecule has 0 spiro atoms. The van der Waals surface area contributed by atoms with Gasteiger partial charge >= 0.3 is 5.97 Å². The molecule has 0 saturated carbocycles. The summed E-state index contributed by atoms with van der Waals surface area (Å²) in [5.41, 5.74) is -0.457. The topological polar surface area (TPSA) is 83.3 Å². The number of hydrogen-bond donors (Lipinski definition) is 2. The summed E-state index contributed by atoms with van der Waals surface area (Å²) in [6.45, 7) is 0. The van der Waals surface area contributed by atoms with Crippen LogP contribution in [0.25, 0.3) is 0 Å². The van der Waals surface area contributed by atoms with Crippen molar-refractivity contribution in [2.45, 2.75) is 6.42 Å². The molecule has 0 aliphatic heterocycles. The molecule has 0 atom stereocenters. The number of hydrogen-bond acceptors (Lipinski definition) is 3. The van der Waals surface area contributed by atoms with E-state index in [1.165, 1.54) is 0 Å². The quantitative estimate of drug-likeness (QED) is 0.756. The molecule has 1 rings (SSSR count). The smallest absolute Gasteiger partial charge is 0.311 e. The fourth-order valence-electron chi connectivity index (χ4n) is 0.575. The zero-order valence-electron chi connectivity index (χ0n) is 5.26. The van der Waals surface area contributed by atoms with Crippen LogP contribution in [0, 0.1) is 0 Å². The van der Waals surface area contributed by atoms with Crippen molar-refractivity contribution >= 4 is 21.9 Å². The van der Waals surface area contributed by atoms with Crippen molar-refractivity contribution in [2.75, 3.05) is 0 Å². The van der Waals surface area contributed by atoms with Crippen LogP contribution >= 0.6 is 15.9 Å². The first-order valence-corrected chi connectivity index (χ1v) is 3.48. The Balaban J connectivity index is 2.96. The third kappa shape index (κ3) is 1.70. The molecule has 2 N–H and O–H groups in total. The lowest BCUT2D eigenvalue weighted by Gasteiger charge is -1.86. The molecule has 0 radical (unpaired) electrons. The maximum absolute atomic E-state index is 10.6. The summed E-state index contributed by atoms with van der Waals surface area (Å²) in [6, 6.07) is 0. The molecule has 0 fully saturated rings. The van der Waals surface area contributed by atoms with E-state index >= 15 is 0 Å². The molecular formula is C5H4BrNO4. The van der Waals surface area contributed by atoms with Gasteiger partial charge in [-0.2, -0.15) is 5.16 Å². The van der Waals surface area contributed by atoms with Crippen LogP contribution in [-0.2, 0) is 11.2 Å². The van der Waals surface area contributed by atoms with Crippen molar-refractivity contribution in [3.63, 3.8) is 0 Å². The highest BCUT2D eigenvalue weighted by molar-refractivity contribution is 9.10. The molecule has 6 heteroatoms. The highest BCUT2D eigenvalue weighted by Crippen LogP contribution is 2.10. The molecule has 0 saturated heterocycles. The van der Waals surface area contributed by atoms with Gasteiger partial charge in [0.25, 0.3) is 5.56 Å². The number of H-pyrrole nitrogens is 1. The van der Waals surface area contributed by atoms with E-state index in [0.717, 1.165) is 0 Å². The molecule has 1 aromatic rings. The SMILES string of the molecule is O=C(O)Cc1o[nH]c(=O)c1Br. The van der Waals surface area contributed by atoms with Crippen molar-refractivity contribution in [1.29, 1.82) is 0 Å². The van der Waals surface area contributed by atoms with Crippen LogP contribution < -0.4 is 5.56 Å². The largest absolute Gasteiger partial charge is 0.481 e. The van der Waals surface area contributed by atoms with Gasteiger partial charge in [0, 0.05) is 0 Å². The molecule has 1 aromatic heterocycles. The van der Waals surface area contributed by atoms with Crippen molar-refractivity contribution in [2.24, 2.45) is 0 Å². The van der Waals surface area contributed by atoms with Crippen LogP contribution in [0.1, 0.15) is 5.76 Å². The second-order valence-corrected chi connectivity index (χ2v) is 2.63. The highest BCUT2D eigenvalue weighted by Gasteiger charge is 2.12. The second kappa shape index (κ2) is 2.91. The first-order chi connectivity index (χ1) is 5.11. The van der Waals surface area contributed by atoms with Gasteiger partial charge < -0.3 is 9.63 Å². The second-order valence-electron chi connectivity index (χ2n) is 1.84. The number of halogens is 1. The summed E-state index contributed by atoms with van der Waals surface area (Å²) in [5, 5.41) is 10.3. The Morgan fingerprint density at radius 2 is 2.36 bits per heavy atom. The van der Waals surface area contributed by atoms with E-state index in [2.05, 4.69) is 20.5 Å². The minimum atomic E-state index is -1.05. The molecule has 1 heterocycles. The van der Waals surface area contributed by atoms with Crippen LogP contribution in [0.2, 0.25) is 0 Å². The lowest BCUT2D eigenvalue weighted by atomic mass is 10.3. The maximum Gasteiger partial charge on any atom is 0.311 e. The number of rotatable bonds is 2. The summed E-state index contributed by atoms with van der Waals surface area (Å²) in [4.78, 5) is 20.8. The predicted octanol–water partition coefficient (Wildman–Crippen LogP) is 0.358. The molecule has 0 aliphatic carbocycles. The number of carbonyl (C=O) groups is 1. The van der Waals surface area contributed by atoms with Gasteiger partial charge in [0.1, 0.15) is 10.9 Å². The van der Waals surface area contributed by atoms with Gasteiger partial charge in [-0.1, -0.05) is 0 Å². The van der Waals surface area contributed by atoms with E-state index in [4.69, 9.17) is 5.11 Å². The molecular weight excluding hydrogens is 218 g/mol. The predicted molar refractivity (Wildman–Crippen MR) is 38.4 cm³/mol. The van der Waals surface area contributed by atoms with Crippen LogP contribution in [0.3, 0.4) is 0 Å². The summed E-state index contributed by atoms with van der Waals surface area (Å²) < 4.78 is 4.68. The van der Waals surface area contributed by atoms with E-state index in [1.807, 2.05) is 5.16 Å². The van der Waals surface area contributed by atoms with Crippen molar-refractivity contribution in [3.05, 3.63) is 20.6 Å². The fraction of sp³-hybridized carbons (Fsp3) is 0.200. The van der Waals surface area contributed by atoms with E-state index < -0.39 is 11.5 Å². The van der Waals surface area contributed by atoms with Gasteiger partial charge in [-0.3, -0.25) is 9.59 Å². The van der Waals surface area contributed by atoms with Crippen LogP contribution in [0.15, 0.2) is 13.8 Å². The zero-order chi connectivity index (χ0) is 8.43. The summed E-state index contributed by atoms with van der Waals surface area (Å²) in [6.07, 6.45) is -0.306. The molecule has 0 amide bonds. The Morgan fingerprint density at radius 1 is 1.73 bits per heavy atom. The van der Waals surface area contributed by atoms with Crippen LogP contribution in [-0.4, -0.2) is 16.2 Å². The molecule has 0 unspecified atom stereocenters. The Hall–Kier alpha value is -1.04. The Labute approximate surface area is 69.1 Å². The third-order valence-electron chi connectivity index (χ3n) is 1.02. The molecule has 0 aliphatic rings. The van der Waals surface area contributed by atoms with E-state index in [9.17, 15) is 9.59 Å².